The molecule has 0 aliphatic carbocycles. The van der Waals surface area contributed by atoms with Crippen LogP contribution in [-0.4, -0.2) is 14.5 Å². The average Bonchev–Trinajstić information content (AvgIpc) is 2.98. The minimum absolute atomic E-state index is 0.151. The highest BCUT2D eigenvalue weighted by molar-refractivity contribution is 9.10. The molecule has 0 fully saturated rings. The van der Waals surface area contributed by atoms with Crippen LogP contribution in [0.1, 0.15) is 11.1 Å². The zero-order chi connectivity index (χ0) is 19.0. The summed E-state index contributed by atoms with van der Waals surface area (Å²) < 4.78 is 4.10. The normalized spacial score (nSPS) is 11.2. The van der Waals surface area contributed by atoms with Crippen molar-refractivity contribution in [3.63, 3.8) is 0 Å². The first-order valence-corrected chi connectivity index (χ1v) is 11.1. The zero-order valence-electron chi connectivity index (χ0n) is 14.2. The summed E-state index contributed by atoms with van der Waals surface area (Å²) in [7, 11) is 0. The SMILES string of the molecule is Cc1ccccc1-n1c(=S)sc2c(=O)[nH]c(SCc3ccc(Br)cc3)nc21. The number of aromatic nitrogens is 3. The lowest BCUT2D eigenvalue weighted by molar-refractivity contribution is 0.941. The Morgan fingerprint density at radius 1 is 1.22 bits per heavy atom. The van der Waals surface area contributed by atoms with Crippen molar-refractivity contribution in [2.45, 2.75) is 17.8 Å². The summed E-state index contributed by atoms with van der Waals surface area (Å²) >= 11 is 11.8. The fourth-order valence-electron chi connectivity index (χ4n) is 2.72. The smallest absolute Gasteiger partial charge is 0.271 e. The maximum atomic E-state index is 12.6. The van der Waals surface area contributed by atoms with E-state index in [9.17, 15) is 4.79 Å². The molecule has 4 nitrogen and oxygen atoms in total. The second kappa shape index (κ2) is 7.71. The van der Waals surface area contributed by atoms with Gasteiger partial charge in [0.1, 0.15) is 4.70 Å². The molecule has 4 aromatic rings. The van der Waals surface area contributed by atoms with Crippen molar-refractivity contribution in [2.75, 3.05) is 0 Å². The molecule has 136 valence electrons. The fourth-order valence-corrected chi connectivity index (χ4v) is 5.05. The minimum atomic E-state index is -0.151. The summed E-state index contributed by atoms with van der Waals surface area (Å²) in [4.78, 5) is 20.2. The molecular formula is C19H14BrN3OS3. The number of fused-ring (bicyclic) bond motifs is 1. The summed E-state index contributed by atoms with van der Waals surface area (Å²) in [5, 5.41) is 0.588. The van der Waals surface area contributed by atoms with Crippen LogP contribution < -0.4 is 5.56 Å². The van der Waals surface area contributed by atoms with Crippen molar-refractivity contribution in [2.24, 2.45) is 0 Å². The third-order valence-corrected chi connectivity index (χ3v) is 6.90. The van der Waals surface area contributed by atoms with Crippen molar-refractivity contribution in [1.29, 1.82) is 0 Å². The summed E-state index contributed by atoms with van der Waals surface area (Å²) in [6.07, 6.45) is 0. The Balaban J connectivity index is 1.77. The minimum Gasteiger partial charge on any atom is -0.300 e. The maximum Gasteiger partial charge on any atom is 0.271 e. The Labute approximate surface area is 177 Å². The first-order valence-electron chi connectivity index (χ1n) is 8.12. The number of H-pyrrole nitrogens is 1. The molecule has 27 heavy (non-hydrogen) atoms. The Bertz CT molecular complexity index is 1240. The van der Waals surface area contributed by atoms with E-state index in [1.165, 1.54) is 23.1 Å². The van der Waals surface area contributed by atoms with Gasteiger partial charge in [-0.05, 0) is 48.5 Å². The van der Waals surface area contributed by atoms with Gasteiger partial charge in [-0.15, -0.1) is 0 Å². The lowest BCUT2D eigenvalue weighted by Crippen LogP contribution is -2.09. The summed E-state index contributed by atoms with van der Waals surface area (Å²) in [6, 6.07) is 16.1. The van der Waals surface area contributed by atoms with Gasteiger partial charge in [0.05, 0.1) is 5.69 Å². The number of nitrogens with zero attached hydrogens (tertiary/aromatic N) is 2. The molecule has 0 saturated carbocycles. The molecular weight excluding hydrogens is 462 g/mol. The van der Waals surface area contributed by atoms with Crippen LogP contribution in [0.15, 0.2) is 63.0 Å². The van der Waals surface area contributed by atoms with Crippen LogP contribution in [0.4, 0.5) is 0 Å². The molecule has 8 heteroatoms. The van der Waals surface area contributed by atoms with Gasteiger partial charge in [0.25, 0.3) is 5.56 Å². The predicted molar refractivity (Wildman–Crippen MR) is 119 cm³/mol. The number of rotatable bonds is 4. The molecule has 1 N–H and O–H groups in total. The number of nitrogens with one attached hydrogen (secondary N) is 1. The van der Waals surface area contributed by atoms with Crippen molar-refractivity contribution < 1.29 is 0 Å². The molecule has 2 aromatic carbocycles. The predicted octanol–water partition coefficient (Wildman–Crippen LogP) is 5.87. The van der Waals surface area contributed by atoms with Crippen molar-refractivity contribution in [3.8, 4) is 5.69 Å². The lowest BCUT2D eigenvalue weighted by atomic mass is 10.2. The molecule has 0 radical (unpaired) electrons. The molecule has 0 spiro atoms. The average molecular weight is 476 g/mol. The van der Waals surface area contributed by atoms with E-state index in [1.807, 2.05) is 60.0 Å². The Morgan fingerprint density at radius 2 is 1.96 bits per heavy atom. The third-order valence-electron chi connectivity index (χ3n) is 4.07. The zero-order valence-corrected chi connectivity index (χ0v) is 18.3. The maximum absolute atomic E-state index is 12.6. The van der Waals surface area contributed by atoms with E-state index in [0.29, 0.717) is 19.5 Å². The topological polar surface area (TPSA) is 50.7 Å². The van der Waals surface area contributed by atoms with Crippen LogP contribution in [0, 0.1) is 10.9 Å². The highest BCUT2D eigenvalue weighted by Gasteiger charge is 2.15. The quantitative estimate of drug-likeness (QED) is 0.228. The van der Waals surface area contributed by atoms with Crippen LogP contribution in [0.25, 0.3) is 16.0 Å². The molecule has 4 rings (SSSR count). The number of aromatic amines is 1. The largest absolute Gasteiger partial charge is 0.300 e. The van der Waals surface area contributed by atoms with Gasteiger partial charge in [0.15, 0.2) is 14.8 Å². The first kappa shape index (κ1) is 18.6. The highest BCUT2D eigenvalue weighted by Crippen LogP contribution is 2.27. The summed E-state index contributed by atoms with van der Waals surface area (Å²) in [5.74, 6) is 0.719. The van der Waals surface area contributed by atoms with Gasteiger partial charge in [-0.2, -0.15) is 0 Å². The molecule has 0 aliphatic heterocycles. The monoisotopic (exact) mass is 475 g/mol. The molecule has 2 aromatic heterocycles. The Morgan fingerprint density at radius 3 is 2.70 bits per heavy atom. The van der Waals surface area contributed by atoms with Gasteiger partial charge < -0.3 is 4.98 Å². The van der Waals surface area contributed by atoms with Gasteiger partial charge >= 0.3 is 0 Å². The summed E-state index contributed by atoms with van der Waals surface area (Å²) in [5.41, 5.74) is 3.66. The van der Waals surface area contributed by atoms with Crippen molar-refractivity contribution in [1.82, 2.24) is 14.5 Å². The second-order valence-corrected chi connectivity index (χ2v) is 9.45. The van der Waals surface area contributed by atoms with Crippen LogP contribution in [0.3, 0.4) is 0 Å². The van der Waals surface area contributed by atoms with E-state index in [2.05, 4.69) is 20.9 Å². The van der Waals surface area contributed by atoms with Crippen LogP contribution in [0.5, 0.6) is 0 Å². The standard InChI is InChI=1S/C19H14BrN3OS3/c1-11-4-2-3-5-14(11)23-16-15(27-19(23)25)17(24)22-18(21-16)26-10-12-6-8-13(20)9-7-12/h2-9H,10H2,1H3,(H,21,22,24). The highest BCUT2D eigenvalue weighted by atomic mass is 79.9. The number of thiazole rings is 1. The van der Waals surface area contributed by atoms with E-state index in [0.717, 1.165) is 27.0 Å². The van der Waals surface area contributed by atoms with Crippen LogP contribution in [-0.2, 0) is 5.75 Å². The first-order chi connectivity index (χ1) is 13.0. The molecule has 0 amide bonds. The van der Waals surface area contributed by atoms with Gasteiger partial charge in [-0.25, -0.2) is 4.98 Å². The van der Waals surface area contributed by atoms with E-state index in [1.54, 1.807) is 0 Å². The van der Waals surface area contributed by atoms with Gasteiger partial charge in [-0.3, -0.25) is 9.36 Å². The van der Waals surface area contributed by atoms with E-state index >= 15 is 0 Å². The molecule has 0 unspecified atom stereocenters. The van der Waals surface area contributed by atoms with Crippen LogP contribution >= 0.6 is 51.2 Å². The summed E-state index contributed by atoms with van der Waals surface area (Å²) in [6.45, 7) is 2.02. The lowest BCUT2D eigenvalue weighted by Gasteiger charge is -2.08. The molecule has 0 atom stereocenters. The third kappa shape index (κ3) is 3.80. The van der Waals surface area contributed by atoms with Gasteiger partial charge in [-0.1, -0.05) is 69.4 Å². The number of hydrogen-bond donors (Lipinski definition) is 1. The molecule has 0 aliphatic rings. The fraction of sp³-hybridized carbons (Fsp3) is 0.105. The molecule has 0 bridgehead atoms. The number of thioether (sulfide) groups is 1. The van der Waals surface area contributed by atoms with Gasteiger partial charge in [0, 0.05) is 10.2 Å². The Kier molecular flexibility index (Phi) is 5.32. The van der Waals surface area contributed by atoms with E-state index < -0.39 is 0 Å². The van der Waals surface area contributed by atoms with Crippen molar-refractivity contribution in [3.05, 3.63) is 78.4 Å². The Hall–Kier alpha value is -1.74. The van der Waals surface area contributed by atoms with Gasteiger partial charge in [0.2, 0.25) is 0 Å². The number of benzene rings is 2. The molecule has 0 saturated heterocycles. The number of hydrogen-bond acceptors (Lipinski definition) is 5. The molecule has 2 heterocycles. The second-order valence-electron chi connectivity index (χ2n) is 5.93. The number of para-hydroxylation sites is 1. The van der Waals surface area contributed by atoms with E-state index in [-0.39, 0.29) is 5.56 Å². The van der Waals surface area contributed by atoms with Crippen molar-refractivity contribution >= 4 is 61.6 Å². The number of aryl methyl sites for hydroxylation is 1. The van der Waals surface area contributed by atoms with E-state index in [4.69, 9.17) is 17.2 Å². The van der Waals surface area contributed by atoms with Crippen LogP contribution in [0.2, 0.25) is 0 Å². The number of halogens is 1.